The summed E-state index contributed by atoms with van der Waals surface area (Å²) < 4.78 is 12.2. The number of methoxy groups -OCH3 is 2. The Hall–Kier alpha value is -4.09. The van der Waals surface area contributed by atoms with Crippen molar-refractivity contribution >= 4 is 23.3 Å². The van der Waals surface area contributed by atoms with Gasteiger partial charge in [0.15, 0.2) is 6.29 Å². The van der Waals surface area contributed by atoms with Crippen molar-refractivity contribution in [3.8, 4) is 11.5 Å². The lowest BCUT2D eigenvalue weighted by molar-refractivity contribution is -0.129. The highest BCUT2D eigenvalue weighted by Gasteiger charge is 2.45. The lowest BCUT2D eigenvalue weighted by Gasteiger charge is -2.38. The minimum absolute atomic E-state index is 0.101. The molecule has 194 valence electrons. The fraction of sp³-hybridized carbons (Fsp3) is 0.346. The number of rotatable bonds is 6. The quantitative estimate of drug-likeness (QED) is 0.402. The molecule has 0 radical (unpaired) electrons. The summed E-state index contributed by atoms with van der Waals surface area (Å²) >= 11 is 0. The third kappa shape index (κ3) is 4.47. The molecule has 5 rings (SSSR count). The van der Waals surface area contributed by atoms with Gasteiger partial charge >= 0.3 is 0 Å². The predicted molar refractivity (Wildman–Crippen MR) is 138 cm³/mol. The van der Waals surface area contributed by atoms with Gasteiger partial charge in [-0.15, -0.1) is 0 Å². The molecule has 11 heteroatoms. The van der Waals surface area contributed by atoms with Crippen LogP contribution >= 0.6 is 0 Å². The topological polar surface area (TPSA) is 122 Å². The van der Waals surface area contributed by atoms with E-state index in [0.29, 0.717) is 35.1 Å². The second-order valence-corrected chi connectivity index (χ2v) is 9.22. The number of hydrogen-bond acceptors (Lipinski definition) is 8. The number of hydrazine groups is 1. The first-order chi connectivity index (χ1) is 17.8. The van der Waals surface area contributed by atoms with E-state index in [1.54, 1.807) is 36.1 Å². The van der Waals surface area contributed by atoms with Crippen molar-refractivity contribution in [2.75, 3.05) is 31.1 Å². The Kier molecular flexibility index (Phi) is 6.48. The van der Waals surface area contributed by atoms with Crippen LogP contribution in [0.5, 0.6) is 11.5 Å². The van der Waals surface area contributed by atoms with Crippen LogP contribution in [0.1, 0.15) is 33.5 Å². The van der Waals surface area contributed by atoms with E-state index in [1.807, 2.05) is 24.1 Å². The van der Waals surface area contributed by atoms with Gasteiger partial charge in [-0.3, -0.25) is 19.9 Å². The van der Waals surface area contributed by atoms with Crippen LogP contribution < -0.4 is 35.9 Å². The Morgan fingerprint density at radius 1 is 1.11 bits per heavy atom. The summed E-state index contributed by atoms with van der Waals surface area (Å²) in [4.78, 5) is 26.3. The van der Waals surface area contributed by atoms with E-state index in [0.717, 1.165) is 11.3 Å². The molecule has 1 aromatic heterocycles. The maximum Gasteiger partial charge on any atom is 0.260 e. The molecule has 3 heterocycles. The lowest BCUT2D eigenvalue weighted by Crippen LogP contribution is -2.62. The summed E-state index contributed by atoms with van der Waals surface area (Å²) in [6, 6.07) is 12.8. The van der Waals surface area contributed by atoms with Gasteiger partial charge in [0.2, 0.25) is 5.91 Å². The number of amides is 2. The number of carbonyl (C=O) groups excluding carboxylic acids is 2. The molecule has 4 N–H and O–H groups in total. The number of nitrogens with zero attached hydrogens (tertiary/aromatic N) is 3. The molecule has 11 nitrogen and oxygen atoms in total. The zero-order valence-corrected chi connectivity index (χ0v) is 21.5. The van der Waals surface area contributed by atoms with Gasteiger partial charge in [0, 0.05) is 18.7 Å². The third-order valence-electron chi connectivity index (χ3n) is 6.92. The largest absolute Gasteiger partial charge is 0.497 e. The molecule has 3 atom stereocenters. The van der Waals surface area contributed by atoms with E-state index in [-0.39, 0.29) is 23.9 Å². The Morgan fingerprint density at radius 3 is 2.68 bits per heavy atom. The van der Waals surface area contributed by atoms with Crippen LogP contribution in [0.3, 0.4) is 0 Å². The average molecular weight is 506 g/mol. The number of benzene rings is 2. The number of fused-ring (bicyclic) bond motifs is 1. The van der Waals surface area contributed by atoms with Gasteiger partial charge in [0.25, 0.3) is 5.91 Å². The monoisotopic (exact) mass is 505 g/mol. The number of aromatic nitrogens is 2. The number of anilines is 2. The minimum Gasteiger partial charge on any atom is -0.497 e. The van der Waals surface area contributed by atoms with E-state index in [1.165, 1.54) is 12.7 Å². The minimum atomic E-state index is -0.678. The van der Waals surface area contributed by atoms with E-state index < -0.39 is 6.29 Å². The predicted octanol–water partition coefficient (Wildman–Crippen LogP) is 2.22. The van der Waals surface area contributed by atoms with E-state index in [9.17, 15) is 9.59 Å². The first-order valence-electron chi connectivity index (χ1n) is 12.1. The van der Waals surface area contributed by atoms with Gasteiger partial charge in [0.1, 0.15) is 23.5 Å². The first kappa shape index (κ1) is 24.6. The van der Waals surface area contributed by atoms with Gasteiger partial charge in [0.05, 0.1) is 37.1 Å². The van der Waals surface area contributed by atoms with Crippen LogP contribution in [0.4, 0.5) is 11.5 Å². The number of hydrogen-bond donors (Lipinski definition) is 4. The molecule has 2 aliphatic rings. The fourth-order valence-corrected chi connectivity index (χ4v) is 4.80. The van der Waals surface area contributed by atoms with E-state index >= 15 is 0 Å². The molecule has 3 unspecified atom stereocenters. The van der Waals surface area contributed by atoms with Crippen LogP contribution in [0.25, 0.3) is 0 Å². The molecular weight excluding hydrogens is 474 g/mol. The lowest BCUT2D eigenvalue weighted by atomic mass is 10.0. The third-order valence-corrected chi connectivity index (χ3v) is 6.92. The molecular formula is C26H31N7O4. The van der Waals surface area contributed by atoms with Gasteiger partial charge in [-0.25, -0.2) is 10.1 Å². The van der Waals surface area contributed by atoms with E-state index in [2.05, 4.69) is 46.4 Å². The summed E-state index contributed by atoms with van der Waals surface area (Å²) in [7, 11) is 3.04. The summed E-state index contributed by atoms with van der Waals surface area (Å²) in [5.41, 5.74) is 7.70. The Bertz CT molecular complexity index is 1350. The molecule has 37 heavy (non-hydrogen) atoms. The number of ether oxygens (including phenoxy) is 2. The summed E-state index contributed by atoms with van der Waals surface area (Å²) in [5.74, 6) is 0.621. The maximum absolute atomic E-state index is 13.2. The summed E-state index contributed by atoms with van der Waals surface area (Å²) in [6.45, 7) is 6.46. The van der Waals surface area contributed by atoms with E-state index in [4.69, 9.17) is 9.47 Å². The Balaban J connectivity index is 1.42. The maximum atomic E-state index is 13.2. The SMILES string of the molecule is COc1ccc(C(=O)Nc2cc(C)nn2C2NC(=O)C3CNN(c4cccc(C)c4C)C3N2)c(OC)c1. The van der Waals surface area contributed by atoms with Gasteiger partial charge < -0.3 is 20.1 Å². The van der Waals surface area contributed by atoms with Gasteiger partial charge in [-0.05, 0) is 50.1 Å². The van der Waals surface area contributed by atoms with Crippen molar-refractivity contribution in [1.82, 2.24) is 25.8 Å². The zero-order valence-electron chi connectivity index (χ0n) is 21.5. The molecule has 2 saturated heterocycles. The normalized spacial score (nSPS) is 20.8. The van der Waals surface area contributed by atoms with Gasteiger partial charge in [-0.1, -0.05) is 12.1 Å². The number of aryl methyl sites for hydroxylation is 2. The molecule has 0 bridgehead atoms. The second kappa shape index (κ2) is 9.75. The Morgan fingerprint density at radius 2 is 1.92 bits per heavy atom. The second-order valence-electron chi connectivity index (χ2n) is 9.22. The molecule has 0 saturated carbocycles. The fourth-order valence-electron chi connectivity index (χ4n) is 4.80. The van der Waals surface area contributed by atoms with Gasteiger partial charge in [-0.2, -0.15) is 5.10 Å². The molecule has 2 amide bonds. The van der Waals surface area contributed by atoms with Crippen molar-refractivity contribution in [3.05, 3.63) is 64.8 Å². The number of nitrogens with one attached hydrogen (secondary N) is 4. The number of carbonyl (C=O) groups is 2. The average Bonchev–Trinajstić information content (AvgIpc) is 3.48. The van der Waals surface area contributed by atoms with Crippen LogP contribution in [-0.2, 0) is 4.79 Å². The van der Waals surface area contributed by atoms with Crippen LogP contribution in [-0.4, -0.2) is 48.5 Å². The molecule has 2 aromatic carbocycles. The molecule has 2 fully saturated rings. The van der Waals surface area contributed by atoms with Crippen molar-refractivity contribution in [3.63, 3.8) is 0 Å². The summed E-state index contributed by atoms with van der Waals surface area (Å²) in [5, 5.41) is 16.0. The summed E-state index contributed by atoms with van der Waals surface area (Å²) in [6.07, 6.45) is -0.989. The van der Waals surface area contributed by atoms with Crippen molar-refractivity contribution in [2.24, 2.45) is 5.92 Å². The van der Waals surface area contributed by atoms with Crippen molar-refractivity contribution in [1.29, 1.82) is 0 Å². The molecule has 2 aliphatic heterocycles. The van der Waals surface area contributed by atoms with Crippen LogP contribution in [0, 0.1) is 26.7 Å². The standard InChI is InChI=1S/C26H31N7O4/c1-14-7-6-8-20(16(14)3)32-23-19(13-27-32)25(35)30-26(29-23)33-22(11-15(2)31-33)28-24(34)18-10-9-17(36-4)12-21(18)37-5/h6-12,19,23,26-27,29H,13H2,1-5H3,(H,28,34)(H,30,35). The highest BCUT2D eigenvalue weighted by Crippen LogP contribution is 2.31. The van der Waals surface area contributed by atoms with Crippen LogP contribution in [0.15, 0.2) is 42.5 Å². The zero-order chi connectivity index (χ0) is 26.3. The smallest absolute Gasteiger partial charge is 0.260 e. The molecule has 0 spiro atoms. The van der Waals surface area contributed by atoms with Crippen LogP contribution in [0.2, 0.25) is 0 Å². The first-order valence-corrected chi connectivity index (χ1v) is 12.1. The Labute approximate surface area is 215 Å². The van der Waals surface area contributed by atoms with Crippen molar-refractivity contribution < 1.29 is 19.1 Å². The molecule has 3 aromatic rings. The highest BCUT2D eigenvalue weighted by molar-refractivity contribution is 6.06. The van der Waals surface area contributed by atoms with Crippen molar-refractivity contribution in [2.45, 2.75) is 33.2 Å². The highest BCUT2D eigenvalue weighted by atomic mass is 16.5. The molecule has 0 aliphatic carbocycles.